The molecule has 4 aromatic rings. The number of rotatable bonds is 14. The number of nitrogens with one attached hydrogen (secondary N) is 2. The lowest BCUT2D eigenvalue weighted by atomic mass is 9.99. The number of hydrogen-bond acceptors (Lipinski definition) is 8. The molecule has 0 aliphatic heterocycles. The number of ether oxygens (including phenoxy) is 2. The van der Waals surface area contributed by atoms with Gasteiger partial charge in [-0.2, -0.15) is 0 Å². The zero-order chi connectivity index (χ0) is 29.2. The molecule has 0 aliphatic carbocycles. The number of carboxylic acid groups (broad SMARTS) is 1. The summed E-state index contributed by atoms with van der Waals surface area (Å²) in [4.78, 5) is 22.9. The maximum atomic E-state index is 12.2. The van der Waals surface area contributed by atoms with Gasteiger partial charge in [0.15, 0.2) is 0 Å². The molecule has 1 amide bonds. The number of amides is 1. The van der Waals surface area contributed by atoms with Crippen molar-refractivity contribution < 1.29 is 28.6 Å². The van der Waals surface area contributed by atoms with Gasteiger partial charge in [0.2, 0.25) is 5.89 Å². The van der Waals surface area contributed by atoms with Crippen molar-refractivity contribution in [3.05, 3.63) is 78.4 Å². The largest absolute Gasteiger partial charge is 0.496 e. The molecule has 0 radical (unpaired) electrons. The van der Waals surface area contributed by atoms with Crippen LogP contribution in [0.5, 0.6) is 11.5 Å². The van der Waals surface area contributed by atoms with Gasteiger partial charge in [-0.05, 0) is 54.4 Å². The number of methoxy groups -OCH3 is 1. The van der Waals surface area contributed by atoms with Crippen molar-refractivity contribution in [1.82, 2.24) is 15.5 Å². The third kappa shape index (κ3) is 7.84. The maximum absolute atomic E-state index is 12.2. The van der Waals surface area contributed by atoms with Crippen LogP contribution >= 0.6 is 0 Å². The Bertz CT molecular complexity index is 1440. The number of carbonyl (C=O) groups excluding carboxylic acids is 1. The van der Waals surface area contributed by atoms with E-state index in [0.717, 1.165) is 17.7 Å². The maximum Gasteiger partial charge on any atom is 0.305 e. The minimum atomic E-state index is -0.957. The van der Waals surface area contributed by atoms with Crippen molar-refractivity contribution in [3.63, 3.8) is 0 Å². The molecule has 2 atom stereocenters. The number of nitrogens with zero attached hydrogens (tertiary/aromatic N) is 2. The number of anilines is 1. The van der Waals surface area contributed by atoms with Gasteiger partial charge in [-0.25, -0.2) is 0 Å². The Balaban J connectivity index is 1.40. The molecule has 0 saturated heterocycles. The molecule has 1 heterocycles. The van der Waals surface area contributed by atoms with Crippen molar-refractivity contribution in [2.45, 2.75) is 32.7 Å². The average Bonchev–Trinajstić information content (AvgIpc) is 3.49. The van der Waals surface area contributed by atoms with E-state index in [2.05, 4.69) is 34.7 Å². The van der Waals surface area contributed by atoms with E-state index in [-0.39, 0.29) is 24.9 Å². The molecule has 4 rings (SSSR count). The van der Waals surface area contributed by atoms with Crippen LogP contribution in [0.3, 0.4) is 0 Å². The second-order valence-corrected chi connectivity index (χ2v) is 9.56. The third-order valence-electron chi connectivity index (χ3n) is 6.73. The molecule has 0 bridgehead atoms. The number of benzene rings is 3. The lowest BCUT2D eigenvalue weighted by Gasteiger charge is -2.26. The van der Waals surface area contributed by atoms with Crippen molar-refractivity contribution in [1.29, 1.82) is 0 Å². The third-order valence-corrected chi connectivity index (χ3v) is 6.73. The van der Waals surface area contributed by atoms with Gasteiger partial charge in [0.1, 0.15) is 18.1 Å². The van der Waals surface area contributed by atoms with Gasteiger partial charge in [-0.15, -0.1) is 10.2 Å². The molecule has 10 nitrogen and oxygen atoms in total. The van der Waals surface area contributed by atoms with E-state index in [1.807, 2.05) is 54.6 Å². The molecule has 3 N–H and O–H groups in total. The first-order valence-electron chi connectivity index (χ1n) is 13.4. The van der Waals surface area contributed by atoms with Crippen LogP contribution in [0.25, 0.3) is 22.9 Å². The lowest BCUT2D eigenvalue weighted by Crippen LogP contribution is -2.33. The Morgan fingerprint density at radius 3 is 2.41 bits per heavy atom. The number of carboxylic acids is 1. The van der Waals surface area contributed by atoms with Crippen LogP contribution < -0.4 is 20.1 Å². The minimum absolute atomic E-state index is 0.00899. The molecule has 0 saturated carbocycles. The summed E-state index contributed by atoms with van der Waals surface area (Å²) < 4.78 is 17.7. The predicted molar refractivity (Wildman–Crippen MR) is 155 cm³/mol. The molecular weight excluding hydrogens is 524 g/mol. The number of carbonyl (C=O) groups is 2. The second-order valence-electron chi connectivity index (χ2n) is 9.56. The lowest BCUT2D eigenvalue weighted by molar-refractivity contribution is -0.136. The Morgan fingerprint density at radius 2 is 1.73 bits per heavy atom. The molecule has 1 aromatic heterocycles. The zero-order valence-electron chi connectivity index (χ0n) is 23.3. The molecule has 214 valence electrons. The fraction of sp³-hybridized carbons (Fsp3) is 0.290. The quantitative estimate of drug-likeness (QED) is 0.183. The number of aromatic nitrogens is 2. The molecule has 0 aliphatic rings. The van der Waals surface area contributed by atoms with E-state index < -0.39 is 5.97 Å². The fourth-order valence-electron chi connectivity index (χ4n) is 4.10. The highest BCUT2D eigenvalue weighted by molar-refractivity contribution is 5.94. The van der Waals surface area contributed by atoms with E-state index in [1.54, 1.807) is 25.3 Å². The van der Waals surface area contributed by atoms with Gasteiger partial charge in [0.25, 0.3) is 11.8 Å². The van der Waals surface area contributed by atoms with Gasteiger partial charge >= 0.3 is 5.97 Å². The zero-order valence-corrected chi connectivity index (χ0v) is 23.3. The summed E-state index contributed by atoms with van der Waals surface area (Å²) >= 11 is 0. The van der Waals surface area contributed by atoms with Gasteiger partial charge in [-0.3, -0.25) is 9.59 Å². The van der Waals surface area contributed by atoms with Crippen LogP contribution in [0, 0.1) is 5.92 Å². The van der Waals surface area contributed by atoms with Crippen molar-refractivity contribution in [2.75, 3.05) is 25.6 Å². The van der Waals surface area contributed by atoms with Crippen LogP contribution in [0.1, 0.15) is 37.0 Å². The highest BCUT2D eigenvalue weighted by atomic mass is 16.5. The van der Waals surface area contributed by atoms with Crippen molar-refractivity contribution >= 4 is 17.6 Å². The average molecular weight is 559 g/mol. The summed E-state index contributed by atoms with van der Waals surface area (Å²) in [5, 5.41) is 23.2. The van der Waals surface area contributed by atoms with Gasteiger partial charge < -0.3 is 29.6 Å². The topological polar surface area (TPSA) is 136 Å². The summed E-state index contributed by atoms with van der Waals surface area (Å²) in [6.45, 7) is 4.75. The summed E-state index contributed by atoms with van der Waals surface area (Å²) in [6.07, 6.45) is 0.816. The van der Waals surface area contributed by atoms with Gasteiger partial charge in [0, 0.05) is 29.4 Å². The van der Waals surface area contributed by atoms with Crippen LogP contribution in [-0.2, 0) is 4.79 Å². The summed E-state index contributed by atoms with van der Waals surface area (Å²) in [6, 6.07) is 22.1. The van der Waals surface area contributed by atoms with E-state index in [9.17, 15) is 9.59 Å². The first kappa shape index (κ1) is 29.1. The molecule has 41 heavy (non-hydrogen) atoms. The standard InChI is InChI=1S/C31H34N4O6/c1-4-20(2)26(33-23-12-10-21(11-13-23)29(38)32-17-16-28(36)37)19-40-24-14-15-25(27(18-24)39-3)31-35-34-30(41-31)22-8-6-5-7-9-22/h5-15,18,20,26,33H,4,16-17,19H2,1-3H3,(H,32,38)(H,36,37)/t20-,26+/m0/s1. The Hall–Kier alpha value is -4.86. The van der Waals surface area contributed by atoms with Crippen LogP contribution in [-0.4, -0.2) is 53.5 Å². The van der Waals surface area contributed by atoms with E-state index in [4.69, 9.17) is 19.0 Å². The highest BCUT2D eigenvalue weighted by Gasteiger charge is 2.19. The van der Waals surface area contributed by atoms with Crippen molar-refractivity contribution in [2.24, 2.45) is 5.92 Å². The first-order chi connectivity index (χ1) is 19.9. The SMILES string of the molecule is CC[C@H](C)[C@@H](COc1ccc(-c2nnc(-c3ccccc3)o2)c(OC)c1)Nc1ccc(C(=O)NCCC(=O)O)cc1. The predicted octanol–water partition coefficient (Wildman–Crippen LogP) is 5.52. The molecular formula is C31H34N4O6. The molecule has 3 aromatic carbocycles. The van der Waals surface area contributed by atoms with Gasteiger partial charge in [-0.1, -0.05) is 38.5 Å². The summed E-state index contributed by atoms with van der Waals surface area (Å²) in [5.41, 5.74) is 2.81. The Labute approximate surface area is 238 Å². The van der Waals surface area contributed by atoms with E-state index in [1.165, 1.54) is 0 Å². The van der Waals surface area contributed by atoms with Crippen molar-refractivity contribution in [3.8, 4) is 34.4 Å². The van der Waals surface area contributed by atoms with E-state index in [0.29, 0.717) is 46.9 Å². The van der Waals surface area contributed by atoms with Crippen LogP contribution in [0.15, 0.2) is 77.2 Å². The number of aliphatic carboxylic acids is 1. The summed E-state index contributed by atoms with van der Waals surface area (Å²) in [5.74, 6) is 0.996. The fourth-order valence-corrected chi connectivity index (χ4v) is 4.10. The first-order valence-corrected chi connectivity index (χ1v) is 13.4. The molecule has 0 spiro atoms. The van der Waals surface area contributed by atoms with Crippen LogP contribution in [0.4, 0.5) is 5.69 Å². The molecule has 0 fully saturated rings. The highest BCUT2D eigenvalue weighted by Crippen LogP contribution is 2.34. The van der Waals surface area contributed by atoms with Gasteiger partial charge in [0.05, 0.1) is 25.1 Å². The van der Waals surface area contributed by atoms with Crippen LogP contribution in [0.2, 0.25) is 0 Å². The Morgan fingerprint density at radius 1 is 1.00 bits per heavy atom. The number of hydrogen-bond donors (Lipinski definition) is 3. The molecule has 0 unspecified atom stereocenters. The minimum Gasteiger partial charge on any atom is -0.496 e. The second kappa shape index (κ2) is 14.0. The Kier molecular flexibility index (Phi) is 9.93. The monoisotopic (exact) mass is 558 g/mol. The smallest absolute Gasteiger partial charge is 0.305 e. The normalized spacial score (nSPS) is 12.3. The van der Waals surface area contributed by atoms with E-state index >= 15 is 0 Å². The molecule has 10 heteroatoms. The summed E-state index contributed by atoms with van der Waals surface area (Å²) in [7, 11) is 1.58.